The molecule has 1 aromatic heterocycles. The second-order valence-corrected chi connectivity index (χ2v) is 7.80. The molecule has 0 bridgehead atoms. The smallest absolute Gasteiger partial charge is 0.236 e. The molecule has 6 rings (SSSR count). The predicted octanol–water partition coefficient (Wildman–Crippen LogP) is 5.86. The van der Waals surface area contributed by atoms with Gasteiger partial charge < -0.3 is 4.74 Å². The first-order valence-electron chi connectivity index (χ1n) is 10.3. The summed E-state index contributed by atoms with van der Waals surface area (Å²) in [6.45, 7) is 0. The number of hydrogen-bond donors (Lipinski definition) is 0. The Hall–Kier alpha value is -3.72. The first-order chi connectivity index (χ1) is 14.8. The van der Waals surface area contributed by atoms with Gasteiger partial charge in [0.25, 0.3) is 0 Å². The van der Waals surface area contributed by atoms with Crippen molar-refractivity contribution in [2.24, 2.45) is 4.99 Å². The number of nitrogens with zero attached hydrogens (tertiary/aromatic N) is 2. The van der Waals surface area contributed by atoms with Gasteiger partial charge in [0.2, 0.25) is 5.90 Å². The molecular weight excluding hydrogens is 368 g/mol. The van der Waals surface area contributed by atoms with Crippen LogP contribution in [-0.2, 0) is 11.2 Å². The first kappa shape index (κ1) is 17.2. The van der Waals surface area contributed by atoms with E-state index in [1.165, 1.54) is 11.1 Å². The summed E-state index contributed by atoms with van der Waals surface area (Å²) >= 11 is 0. The molecule has 0 saturated heterocycles. The lowest BCUT2D eigenvalue weighted by Crippen LogP contribution is -2.14. The number of aromatic nitrogens is 1. The zero-order valence-corrected chi connectivity index (χ0v) is 16.4. The van der Waals surface area contributed by atoms with Crippen molar-refractivity contribution in [1.29, 1.82) is 0 Å². The van der Waals surface area contributed by atoms with E-state index in [0.29, 0.717) is 5.90 Å². The molecule has 0 unspecified atom stereocenters. The molecule has 1 aliphatic heterocycles. The van der Waals surface area contributed by atoms with E-state index in [1.54, 1.807) is 0 Å². The van der Waals surface area contributed by atoms with E-state index < -0.39 is 0 Å². The molecule has 0 N–H and O–H groups in total. The maximum atomic E-state index is 6.32. The molecule has 0 spiro atoms. The summed E-state index contributed by atoms with van der Waals surface area (Å²) in [6.07, 6.45) is 0.970. The molecule has 0 saturated carbocycles. The maximum Gasteiger partial charge on any atom is 0.236 e. The zero-order chi connectivity index (χ0) is 19.9. The minimum Gasteiger partial charge on any atom is -0.470 e. The maximum absolute atomic E-state index is 6.32. The Morgan fingerprint density at radius 1 is 0.667 bits per heavy atom. The van der Waals surface area contributed by atoms with Gasteiger partial charge in [0, 0.05) is 12.0 Å². The molecule has 2 heterocycles. The lowest BCUT2D eigenvalue weighted by Gasteiger charge is -2.12. The summed E-state index contributed by atoms with van der Waals surface area (Å²) in [5.41, 5.74) is 7.69. The van der Waals surface area contributed by atoms with E-state index in [1.807, 2.05) is 24.3 Å². The summed E-state index contributed by atoms with van der Waals surface area (Å²) in [6, 6.07) is 33.5. The highest BCUT2D eigenvalue weighted by atomic mass is 16.5. The number of ether oxygens (including phenoxy) is 1. The van der Waals surface area contributed by atoms with E-state index in [4.69, 9.17) is 14.7 Å². The van der Waals surface area contributed by atoms with Crippen molar-refractivity contribution in [1.82, 2.24) is 4.98 Å². The molecule has 0 fully saturated rings. The van der Waals surface area contributed by atoms with Crippen LogP contribution in [0.5, 0.6) is 0 Å². The summed E-state index contributed by atoms with van der Waals surface area (Å²) in [5, 5.41) is 0. The predicted molar refractivity (Wildman–Crippen MR) is 119 cm³/mol. The third kappa shape index (κ3) is 2.91. The highest BCUT2D eigenvalue weighted by Gasteiger charge is 2.39. The van der Waals surface area contributed by atoms with E-state index in [0.717, 1.165) is 34.5 Å². The number of aliphatic imine (C=N–C) groups is 1. The monoisotopic (exact) mass is 388 g/mol. The van der Waals surface area contributed by atoms with E-state index in [-0.39, 0.29) is 12.1 Å². The number of benzene rings is 3. The summed E-state index contributed by atoms with van der Waals surface area (Å²) in [4.78, 5) is 9.90. The Kier molecular flexibility index (Phi) is 3.98. The van der Waals surface area contributed by atoms with Crippen LogP contribution in [0.4, 0.5) is 0 Å². The van der Waals surface area contributed by atoms with Crippen LogP contribution in [0.2, 0.25) is 0 Å². The van der Waals surface area contributed by atoms with Gasteiger partial charge in [-0.15, -0.1) is 0 Å². The number of fused-ring (bicyclic) bond motifs is 3. The van der Waals surface area contributed by atoms with Crippen molar-refractivity contribution in [2.75, 3.05) is 0 Å². The standard InChI is InChI=1S/C27H20N2O/c1-3-9-18(10-4-1)21-15-23(19-11-5-2-6-12-19)28-24(16-21)27-29-26-22-14-8-7-13-20(22)17-25(26)30-27/h1-16,25-26H,17H2/t25-,26+/m1/s1. The van der Waals surface area contributed by atoms with Gasteiger partial charge in [0.1, 0.15) is 17.8 Å². The molecule has 3 nitrogen and oxygen atoms in total. The summed E-state index contributed by atoms with van der Waals surface area (Å²) in [5.74, 6) is 0.648. The van der Waals surface area contributed by atoms with Crippen LogP contribution >= 0.6 is 0 Å². The number of pyridine rings is 1. The van der Waals surface area contributed by atoms with Gasteiger partial charge in [0.05, 0.1) is 5.69 Å². The molecule has 30 heavy (non-hydrogen) atoms. The van der Waals surface area contributed by atoms with Crippen LogP contribution in [-0.4, -0.2) is 17.0 Å². The molecule has 144 valence electrons. The van der Waals surface area contributed by atoms with Crippen molar-refractivity contribution >= 4 is 5.90 Å². The molecule has 3 aromatic carbocycles. The van der Waals surface area contributed by atoms with E-state index in [9.17, 15) is 0 Å². The largest absolute Gasteiger partial charge is 0.470 e. The van der Waals surface area contributed by atoms with Gasteiger partial charge in [-0.25, -0.2) is 9.98 Å². The van der Waals surface area contributed by atoms with E-state index in [2.05, 4.69) is 72.8 Å². The van der Waals surface area contributed by atoms with Gasteiger partial charge in [0.15, 0.2) is 0 Å². The average molecular weight is 388 g/mol. The Morgan fingerprint density at radius 3 is 2.13 bits per heavy atom. The van der Waals surface area contributed by atoms with Crippen molar-refractivity contribution in [3.8, 4) is 22.4 Å². The minimum atomic E-state index is 0.0681. The quantitative estimate of drug-likeness (QED) is 0.441. The lowest BCUT2D eigenvalue weighted by molar-refractivity contribution is 0.206. The second kappa shape index (κ2) is 6.96. The molecule has 3 heteroatoms. The molecular formula is C27H20N2O. The van der Waals surface area contributed by atoms with Crippen molar-refractivity contribution < 1.29 is 4.74 Å². The fraction of sp³-hybridized carbons (Fsp3) is 0.111. The van der Waals surface area contributed by atoms with Crippen LogP contribution in [0.25, 0.3) is 22.4 Å². The van der Waals surface area contributed by atoms with Crippen LogP contribution in [0, 0.1) is 0 Å². The topological polar surface area (TPSA) is 34.5 Å². The Labute approximate surface area is 175 Å². The Morgan fingerprint density at radius 2 is 1.33 bits per heavy atom. The lowest BCUT2D eigenvalue weighted by atomic mass is 10.0. The van der Waals surface area contributed by atoms with Crippen LogP contribution in [0.15, 0.2) is 102 Å². The van der Waals surface area contributed by atoms with E-state index >= 15 is 0 Å². The van der Waals surface area contributed by atoms with Gasteiger partial charge in [-0.3, -0.25) is 0 Å². The molecule has 0 amide bonds. The van der Waals surface area contributed by atoms with Gasteiger partial charge in [-0.1, -0.05) is 84.9 Å². The van der Waals surface area contributed by atoms with Crippen LogP contribution in [0.3, 0.4) is 0 Å². The Balaban J connectivity index is 1.46. The fourth-order valence-corrected chi connectivity index (χ4v) is 4.42. The zero-order valence-electron chi connectivity index (χ0n) is 16.4. The molecule has 2 atom stereocenters. The SMILES string of the molecule is c1ccc(-c2cc(C3=N[C@H]4c5ccccc5C[C@H]4O3)nc(-c3ccccc3)c2)cc1. The third-order valence-corrected chi connectivity index (χ3v) is 5.89. The fourth-order valence-electron chi connectivity index (χ4n) is 4.42. The Bertz CT molecular complexity index is 1190. The molecule has 1 aliphatic carbocycles. The van der Waals surface area contributed by atoms with Crippen molar-refractivity contribution in [2.45, 2.75) is 18.6 Å². The van der Waals surface area contributed by atoms with Gasteiger partial charge in [-0.2, -0.15) is 0 Å². The average Bonchev–Trinajstić information content (AvgIpc) is 3.38. The van der Waals surface area contributed by atoms with Crippen molar-refractivity contribution in [3.63, 3.8) is 0 Å². The van der Waals surface area contributed by atoms with Crippen molar-refractivity contribution in [3.05, 3.63) is 114 Å². The molecule has 0 radical (unpaired) electrons. The van der Waals surface area contributed by atoms with Gasteiger partial charge in [-0.05, 0) is 34.4 Å². The minimum absolute atomic E-state index is 0.0681. The highest BCUT2D eigenvalue weighted by molar-refractivity contribution is 5.96. The van der Waals surface area contributed by atoms with Gasteiger partial charge >= 0.3 is 0 Å². The second-order valence-electron chi connectivity index (χ2n) is 7.80. The summed E-state index contributed by atoms with van der Waals surface area (Å²) < 4.78 is 6.32. The third-order valence-electron chi connectivity index (χ3n) is 5.89. The first-order valence-corrected chi connectivity index (χ1v) is 10.3. The summed E-state index contributed by atoms with van der Waals surface area (Å²) in [7, 11) is 0. The number of rotatable bonds is 3. The molecule has 4 aromatic rings. The number of hydrogen-bond acceptors (Lipinski definition) is 3. The van der Waals surface area contributed by atoms with Crippen LogP contribution < -0.4 is 0 Å². The highest BCUT2D eigenvalue weighted by Crippen LogP contribution is 2.41. The van der Waals surface area contributed by atoms with Crippen LogP contribution in [0.1, 0.15) is 22.9 Å². The molecule has 2 aliphatic rings. The normalized spacial score (nSPS) is 19.0.